The lowest BCUT2D eigenvalue weighted by Crippen LogP contribution is -2.25. The zero-order valence-corrected chi connectivity index (χ0v) is 10.9. The van der Waals surface area contributed by atoms with Crippen molar-refractivity contribution in [1.29, 1.82) is 0 Å². The molecule has 0 spiro atoms. The maximum Gasteiger partial charge on any atom is 0.288 e. The van der Waals surface area contributed by atoms with E-state index >= 15 is 0 Å². The van der Waals surface area contributed by atoms with Gasteiger partial charge >= 0.3 is 0 Å². The summed E-state index contributed by atoms with van der Waals surface area (Å²) < 4.78 is 15.3. The number of nitrogens with zero attached hydrogens (tertiary/aromatic N) is 3. The number of carbonyl (C=O) groups is 1. The molecule has 6 nitrogen and oxygen atoms in total. The van der Waals surface area contributed by atoms with Crippen LogP contribution in [0.1, 0.15) is 34.2 Å². The van der Waals surface area contributed by atoms with Crippen molar-refractivity contribution in [1.82, 2.24) is 14.8 Å². The molecule has 2 aromatic rings. The van der Waals surface area contributed by atoms with Crippen LogP contribution in [0.2, 0.25) is 0 Å². The first-order valence-electron chi connectivity index (χ1n) is 6.32. The second-order valence-electron chi connectivity index (χ2n) is 4.81. The molecule has 1 amide bonds. The van der Waals surface area contributed by atoms with E-state index in [1.165, 1.54) is 6.07 Å². The molecule has 0 bridgehead atoms. The standard InChI is InChI=1S/C13H14FN5O/c1-7-2-3-8(6-9(7)14)10-4-5-16-13-17-12(11(15)20)18-19(10)13/h2-3,6,10H,4-5H2,1H3,(H2,15,20)(H,16,17,18). The zero-order chi connectivity index (χ0) is 14.3. The van der Waals surface area contributed by atoms with Gasteiger partial charge in [0.05, 0.1) is 6.04 Å². The molecule has 3 rings (SSSR count). The Morgan fingerprint density at radius 2 is 2.35 bits per heavy atom. The normalized spacial score (nSPS) is 17.4. The number of halogens is 1. The summed E-state index contributed by atoms with van der Waals surface area (Å²) >= 11 is 0. The topological polar surface area (TPSA) is 85.8 Å². The number of primary amides is 1. The van der Waals surface area contributed by atoms with E-state index < -0.39 is 5.91 Å². The minimum absolute atomic E-state index is 0.0352. The number of hydrogen-bond acceptors (Lipinski definition) is 4. The quantitative estimate of drug-likeness (QED) is 0.863. The lowest BCUT2D eigenvalue weighted by atomic mass is 10.0. The van der Waals surface area contributed by atoms with Gasteiger partial charge in [-0.15, -0.1) is 5.10 Å². The molecule has 0 saturated carbocycles. The van der Waals surface area contributed by atoms with E-state index in [1.54, 1.807) is 17.7 Å². The maximum absolute atomic E-state index is 13.7. The third-order valence-electron chi connectivity index (χ3n) is 3.43. The largest absolute Gasteiger partial charge is 0.363 e. The molecular formula is C13H14FN5O. The van der Waals surface area contributed by atoms with Crippen LogP contribution in [0.15, 0.2) is 18.2 Å². The van der Waals surface area contributed by atoms with Crippen molar-refractivity contribution in [3.05, 3.63) is 41.0 Å². The smallest absolute Gasteiger partial charge is 0.288 e. The highest BCUT2D eigenvalue weighted by molar-refractivity contribution is 5.89. The first kappa shape index (κ1) is 12.6. The zero-order valence-electron chi connectivity index (χ0n) is 10.9. The molecule has 0 radical (unpaired) electrons. The second kappa shape index (κ2) is 4.59. The fraction of sp³-hybridized carbons (Fsp3) is 0.308. The number of amides is 1. The molecular weight excluding hydrogens is 261 g/mol. The minimum Gasteiger partial charge on any atom is -0.363 e. The summed E-state index contributed by atoms with van der Waals surface area (Å²) in [6.07, 6.45) is 0.733. The van der Waals surface area contributed by atoms with Gasteiger partial charge in [0.15, 0.2) is 0 Å². The Bertz CT molecular complexity index is 681. The summed E-state index contributed by atoms with van der Waals surface area (Å²) in [7, 11) is 0. The molecule has 0 fully saturated rings. The summed E-state index contributed by atoms with van der Waals surface area (Å²) in [4.78, 5) is 15.2. The van der Waals surface area contributed by atoms with Crippen LogP contribution in [0.3, 0.4) is 0 Å². The summed E-state index contributed by atoms with van der Waals surface area (Å²) in [5.74, 6) is -0.483. The number of hydrogen-bond donors (Lipinski definition) is 2. The third kappa shape index (κ3) is 2.01. The van der Waals surface area contributed by atoms with E-state index in [0.717, 1.165) is 12.0 Å². The molecule has 1 aliphatic heterocycles. The van der Waals surface area contributed by atoms with Crippen LogP contribution in [0.5, 0.6) is 0 Å². The molecule has 1 aliphatic rings. The van der Waals surface area contributed by atoms with E-state index in [-0.39, 0.29) is 17.7 Å². The van der Waals surface area contributed by atoms with Crippen molar-refractivity contribution in [2.75, 3.05) is 11.9 Å². The maximum atomic E-state index is 13.7. The number of rotatable bonds is 2. The van der Waals surface area contributed by atoms with Gasteiger partial charge in [0, 0.05) is 6.54 Å². The van der Waals surface area contributed by atoms with Gasteiger partial charge < -0.3 is 11.1 Å². The Morgan fingerprint density at radius 1 is 1.55 bits per heavy atom. The van der Waals surface area contributed by atoms with Crippen LogP contribution in [0, 0.1) is 12.7 Å². The molecule has 2 heterocycles. The van der Waals surface area contributed by atoms with E-state index in [1.807, 2.05) is 6.07 Å². The van der Waals surface area contributed by atoms with Gasteiger partial charge in [0.2, 0.25) is 11.8 Å². The van der Waals surface area contributed by atoms with Gasteiger partial charge in [-0.25, -0.2) is 9.07 Å². The number of fused-ring (bicyclic) bond motifs is 1. The van der Waals surface area contributed by atoms with Crippen molar-refractivity contribution in [2.24, 2.45) is 5.73 Å². The summed E-state index contributed by atoms with van der Waals surface area (Å²) in [6.45, 7) is 2.39. The first-order valence-corrected chi connectivity index (χ1v) is 6.32. The lowest BCUT2D eigenvalue weighted by Gasteiger charge is -2.24. The van der Waals surface area contributed by atoms with Gasteiger partial charge in [-0.2, -0.15) is 4.98 Å². The van der Waals surface area contributed by atoms with Crippen LogP contribution in [-0.4, -0.2) is 27.2 Å². The Hall–Kier alpha value is -2.44. The van der Waals surface area contributed by atoms with Crippen molar-refractivity contribution in [3.8, 4) is 0 Å². The number of nitrogens with one attached hydrogen (secondary N) is 1. The first-order chi connectivity index (χ1) is 9.56. The van der Waals surface area contributed by atoms with E-state index in [2.05, 4.69) is 15.4 Å². The predicted octanol–water partition coefficient (Wildman–Crippen LogP) is 1.23. The van der Waals surface area contributed by atoms with E-state index in [9.17, 15) is 9.18 Å². The van der Waals surface area contributed by atoms with Crippen LogP contribution in [-0.2, 0) is 0 Å². The number of aryl methyl sites for hydroxylation is 1. The van der Waals surface area contributed by atoms with Crippen LogP contribution < -0.4 is 11.1 Å². The number of nitrogens with two attached hydrogens (primary N) is 1. The fourth-order valence-electron chi connectivity index (χ4n) is 2.33. The SMILES string of the molecule is Cc1ccc(C2CCNc3nc(C(N)=O)nn32)cc1F. The van der Waals surface area contributed by atoms with Crippen molar-refractivity contribution in [2.45, 2.75) is 19.4 Å². The number of benzene rings is 1. The molecule has 3 N–H and O–H groups in total. The lowest BCUT2D eigenvalue weighted by molar-refractivity contribution is 0.0990. The summed E-state index contributed by atoms with van der Waals surface area (Å²) in [5, 5.41) is 7.16. The molecule has 20 heavy (non-hydrogen) atoms. The molecule has 0 aliphatic carbocycles. The van der Waals surface area contributed by atoms with E-state index in [0.29, 0.717) is 18.1 Å². The highest BCUT2D eigenvalue weighted by Crippen LogP contribution is 2.29. The minimum atomic E-state index is -0.678. The molecule has 104 valence electrons. The number of carbonyl (C=O) groups excluding carboxylic acids is 1. The molecule has 7 heteroatoms. The van der Waals surface area contributed by atoms with Crippen molar-refractivity contribution >= 4 is 11.9 Å². The monoisotopic (exact) mass is 275 g/mol. The summed E-state index contributed by atoms with van der Waals surface area (Å²) in [6, 6.07) is 4.95. The van der Waals surface area contributed by atoms with Crippen LogP contribution >= 0.6 is 0 Å². The highest BCUT2D eigenvalue weighted by atomic mass is 19.1. The number of aromatic nitrogens is 3. The van der Waals surface area contributed by atoms with Crippen molar-refractivity contribution < 1.29 is 9.18 Å². The van der Waals surface area contributed by atoms with Gasteiger partial charge in [0.1, 0.15) is 5.82 Å². The fourth-order valence-corrected chi connectivity index (χ4v) is 2.33. The predicted molar refractivity (Wildman–Crippen MR) is 70.9 cm³/mol. The number of anilines is 1. The summed E-state index contributed by atoms with van der Waals surface area (Å²) in [5.41, 5.74) is 6.59. The Balaban J connectivity index is 2.04. The van der Waals surface area contributed by atoms with Gasteiger partial charge in [-0.05, 0) is 30.5 Å². The molecule has 1 unspecified atom stereocenters. The van der Waals surface area contributed by atoms with Crippen molar-refractivity contribution in [3.63, 3.8) is 0 Å². The van der Waals surface area contributed by atoms with Gasteiger partial charge in [0.25, 0.3) is 5.91 Å². The third-order valence-corrected chi connectivity index (χ3v) is 3.43. The van der Waals surface area contributed by atoms with Gasteiger partial charge in [-0.3, -0.25) is 4.79 Å². The Labute approximate surface area is 114 Å². The van der Waals surface area contributed by atoms with Gasteiger partial charge in [-0.1, -0.05) is 12.1 Å². The molecule has 1 atom stereocenters. The Kier molecular flexibility index (Phi) is 2.89. The van der Waals surface area contributed by atoms with E-state index in [4.69, 9.17) is 5.73 Å². The molecule has 0 saturated heterocycles. The van der Waals surface area contributed by atoms with Crippen LogP contribution in [0.25, 0.3) is 0 Å². The molecule has 1 aromatic carbocycles. The van der Waals surface area contributed by atoms with Crippen LogP contribution in [0.4, 0.5) is 10.3 Å². The Morgan fingerprint density at radius 3 is 3.05 bits per heavy atom. The average Bonchev–Trinajstić information content (AvgIpc) is 2.86. The molecule has 1 aromatic heterocycles. The second-order valence-corrected chi connectivity index (χ2v) is 4.81. The average molecular weight is 275 g/mol. The highest BCUT2D eigenvalue weighted by Gasteiger charge is 2.26.